The van der Waals surface area contributed by atoms with Crippen LogP contribution in [0.5, 0.6) is 5.75 Å². The topological polar surface area (TPSA) is 20.2 Å². The molecule has 0 unspecified atom stereocenters. The van der Waals surface area contributed by atoms with E-state index in [4.69, 9.17) is 0 Å². The molecule has 0 fully saturated rings. The average Bonchev–Trinajstić information content (AvgIpc) is 3.06. The molecule has 0 radical (unpaired) electrons. The Morgan fingerprint density at radius 1 is 0.577 bits per heavy atom. The number of fused-ring (bicyclic) bond motifs is 3. The van der Waals surface area contributed by atoms with Gasteiger partial charge < -0.3 is 5.11 Å². The van der Waals surface area contributed by atoms with Crippen molar-refractivity contribution in [2.45, 2.75) is 6.42 Å². The van der Waals surface area contributed by atoms with Crippen LogP contribution in [-0.2, 0) is 6.42 Å². The molecular formula is C25H18O. The normalized spacial score (nSPS) is 11.8. The molecule has 124 valence electrons. The Kier molecular flexibility index (Phi) is 3.39. The molecule has 0 amide bonds. The fraction of sp³-hybridized carbons (Fsp3) is 0.0400. The van der Waals surface area contributed by atoms with Crippen molar-refractivity contribution in [3.05, 3.63) is 102 Å². The summed E-state index contributed by atoms with van der Waals surface area (Å²) in [6, 6.07) is 31.0. The summed E-state index contributed by atoms with van der Waals surface area (Å²) >= 11 is 0. The minimum atomic E-state index is 0.338. The van der Waals surface area contributed by atoms with Gasteiger partial charge in [-0.15, -0.1) is 0 Å². The minimum Gasteiger partial charge on any atom is -0.507 e. The highest BCUT2D eigenvalue weighted by molar-refractivity contribution is 5.96. The standard InChI is InChI=1S/C25H18O/c26-23-16-21-20-14-8-7-13-19(20)15-22(21)24(17-9-3-1-4-10-17)25(23)18-11-5-2-6-12-18/h1-14,16,26H,15H2. The summed E-state index contributed by atoms with van der Waals surface area (Å²) in [7, 11) is 0. The van der Waals surface area contributed by atoms with E-state index in [9.17, 15) is 5.11 Å². The Hall–Kier alpha value is -3.32. The quantitative estimate of drug-likeness (QED) is 0.402. The van der Waals surface area contributed by atoms with Gasteiger partial charge in [0.1, 0.15) is 5.75 Å². The summed E-state index contributed by atoms with van der Waals surface area (Å²) < 4.78 is 0. The molecular weight excluding hydrogens is 316 g/mol. The molecule has 0 spiro atoms. The van der Waals surface area contributed by atoms with E-state index >= 15 is 0 Å². The van der Waals surface area contributed by atoms with Crippen molar-refractivity contribution < 1.29 is 5.11 Å². The van der Waals surface area contributed by atoms with Gasteiger partial charge in [-0.1, -0.05) is 84.9 Å². The van der Waals surface area contributed by atoms with E-state index in [1.807, 2.05) is 30.3 Å². The number of benzene rings is 4. The third-order valence-electron chi connectivity index (χ3n) is 5.21. The highest BCUT2D eigenvalue weighted by atomic mass is 16.3. The lowest BCUT2D eigenvalue weighted by Gasteiger charge is -2.17. The summed E-state index contributed by atoms with van der Waals surface area (Å²) in [5.41, 5.74) is 9.25. The van der Waals surface area contributed by atoms with Crippen molar-refractivity contribution in [1.82, 2.24) is 0 Å². The second-order valence-corrected chi connectivity index (χ2v) is 6.74. The first-order valence-corrected chi connectivity index (χ1v) is 8.91. The molecule has 0 bridgehead atoms. The van der Waals surface area contributed by atoms with Gasteiger partial charge in [0, 0.05) is 5.56 Å². The number of aromatic hydroxyl groups is 1. The fourth-order valence-corrected chi connectivity index (χ4v) is 4.08. The molecule has 0 saturated carbocycles. The molecule has 0 aliphatic heterocycles. The summed E-state index contributed by atoms with van der Waals surface area (Å²) in [5.74, 6) is 0.338. The summed E-state index contributed by atoms with van der Waals surface area (Å²) in [6.07, 6.45) is 0.899. The highest BCUT2D eigenvalue weighted by Gasteiger charge is 2.26. The van der Waals surface area contributed by atoms with Crippen molar-refractivity contribution in [3.63, 3.8) is 0 Å². The Morgan fingerprint density at radius 2 is 1.15 bits per heavy atom. The molecule has 0 heterocycles. The van der Waals surface area contributed by atoms with E-state index in [2.05, 4.69) is 60.7 Å². The molecule has 1 aliphatic rings. The van der Waals surface area contributed by atoms with Crippen LogP contribution < -0.4 is 0 Å². The van der Waals surface area contributed by atoms with Gasteiger partial charge >= 0.3 is 0 Å². The summed E-state index contributed by atoms with van der Waals surface area (Å²) in [5, 5.41) is 11.0. The molecule has 1 heteroatoms. The summed E-state index contributed by atoms with van der Waals surface area (Å²) in [4.78, 5) is 0. The molecule has 1 aliphatic carbocycles. The predicted molar refractivity (Wildman–Crippen MR) is 107 cm³/mol. The smallest absolute Gasteiger partial charge is 0.124 e. The SMILES string of the molecule is Oc1cc2c(c(-c3ccccc3)c1-c1ccccc1)Cc1ccccc1-2. The van der Waals surface area contributed by atoms with Crippen LogP contribution in [0.15, 0.2) is 91.0 Å². The third-order valence-corrected chi connectivity index (χ3v) is 5.21. The van der Waals surface area contributed by atoms with Gasteiger partial charge in [-0.25, -0.2) is 0 Å². The summed E-state index contributed by atoms with van der Waals surface area (Å²) in [6.45, 7) is 0. The maximum Gasteiger partial charge on any atom is 0.124 e. The maximum absolute atomic E-state index is 11.0. The zero-order valence-corrected chi connectivity index (χ0v) is 14.3. The molecule has 0 aromatic heterocycles. The maximum atomic E-state index is 11.0. The van der Waals surface area contributed by atoms with Gasteiger partial charge in [-0.2, -0.15) is 0 Å². The van der Waals surface area contributed by atoms with Crippen LogP contribution >= 0.6 is 0 Å². The molecule has 26 heavy (non-hydrogen) atoms. The van der Waals surface area contributed by atoms with E-state index in [1.165, 1.54) is 16.7 Å². The van der Waals surface area contributed by atoms with E-state index in [-0.39, 0.29) is 0 Å². The Labute approximate surface area is 153 Å². The number of rotatable bonds is 2. The van der Waals surface area contributed by atoms with Crippen LogP contribution in [-0.4, -0.2) is 5.11 Å². The third kappa shape index (κ3) is 2.25. The second-order valence-electron chi connectivity index (χ2n) is 6.74. The van der Waals surface area contributed by atoms with Gasteiger partial charge in [-0.05, 0) is 51.4 Å². The minimum absolute atomic E-state index is 0.338. The van der Waals surface area contributed by atoms with Crippen LogP contribution in [0, 0.1) is 0 Å². The van der Waals surface area contributed by atoms with Crippen molar-refractivity contribution >= 4 is 0 Å². The van der Waals surface area contributed by atoms with E-state index < -0.39 is 0 Å². The van der Waals surface area contributed by atoms with Crippen molar-refractivity contribution in [1.29, 1.82) is 0 Å². The Balaban J connectivity index is 1.87. The predicted octanol–water partition coefficient (Wildman–Crippen LogP) is 6.30. The lowest BCUT2D eigenvalue weighted by Crippen LogP contribution is -1.94. The molecule has 5 rings (SSSR count). The van der Waals surface area contributed by atoms with E-state index in [1.54, 1.807) is 0 Å². The Morgan fingerprint density at radius 3 is 1.85 bits per heavy atom. The number of phenolic OH excluding ortho intramolecular Hbond substituents is 1. The Bertz CT molecular complexity index is 1100. The van der Waals surface area contributed by atoms with Crippen molar-refractivity contribution in [2.24, 2.45) is 0 Å². The van der Waals surface area contributed by atoms with Crippen molar-refractivity contribution in [3.8, 4) is 39.1 Å². The van der Waals surface area contributed by atoms with E-state index in [0.717, 1.165) is 34.2 Å². The molecule has 1 nitrogen and oxygen atoms in total. The highest BCUT2D eigenvalue weighted by Crippen LogP contribution is 2.49. The largest absolute Gasteiger partial charge is 0.507 e. The average molecular weight is 334 g/mol. The van der Waals surface area contributed by atoms with Gasteiger partial charge in [-0.3, -0.25) is 0 Å². The first-order valence-electron chi connectivity index (χ1n) is 8.91. The molecule has 4 aromatic carbocycles. The first-order chi connectivity index (χ1) is 12.8. The van der Waals surface area contributed by atoms with Crippen molar-refractivity contribution in [2.75, 3.05) is 0 Å². The fourth-order valence-electron chi connectivity index (χ4n) is 4.08. The lowest BCUT2D eigenvalue weighted by molar-refractivity contribution is 0.477. The van der Waals surface area contributed by atoms with Crippen LogP contribution in [0.4, 0.5) is 0 Å². The monoisotopic (exact) mass is 334 g/mol. The number of hydrogen-bond donors (Lipinski definition) is 1. The van der Waals surface area contributed by atoms with Crippen LogP contribution in [0.2, 0.25) is 0 Å². The molecule has 0 atom stereocenters. The van der Waals surface area contributed by atoms with Crippen LogP contribution in [0.25, 0.3) is 33.4 Å². The van der Waals surface area contributed by atoms with Crippen LogP contribution in [0.3, 0.4) is 0 Å². The van der Waals surface area contributed by atoms with Gasteiger partial charge in [0.15, 0.2) is 0 Å². The number of phenols is 1. The van der Waals surface area contributed by atoms with Gasteiger partial charge in [0.25, 0.3) is 0 Å². The lowest BCUT2D eigenvalue weighted by atomic mass is 9.87. The first kappa shape index (κ1) is 15.0. The van der Waals surface area contributed by atoms with Gasteiger partial charge in [0.05, 0.1) is 0 Å². The molecule has 0 saturated heterocycles. The second kappa shape index (κ2) is 5.89. The zero-order valence-electron chi connectivity index (χ0n) is 14.3. The van der Waals surface area contributed by atoms with Gasteiger partial charge in [0.2, 0.25) is 0 Å². The zero-order chi connectivity index (χ0) is 17.5. The van der Waals surface area contributed by atoms with E-state index in [0.29, 0.717) is 5.75 Å². The molecule has 4 aromatic rings. The van der Waals surface area contributed by atoms with Crippen LogP contribution in [0.1, 0.15) is 11.1 Å². The molecule has 1 N–H and O–H groups in total. The number of hydrogen-bond acceptors (Lipinski definition) is 1.